The molecule has 0 aliphatic carbocycles. The van der Waals surface area contributed by atoms with Gasteiger partial charge < -0.3 is 24.8 Å². The molecule has 8 heteroatoms. The Hall–Kier alpha value is -3.55. The summed E-state index contributed by atoms with van der Waals surface area (Å²) in [5, 5.41) is 5.13. The van der Waals surface area contributed by atoms with Gasteiger partial charge in [0.25, 0.3) is 0 Å². The maximum absolute atomic E-state index is 12.1. The molecule has 2 rings (SSSR count). The van der Waals surface area contributed by atoms with E-state index in [4.69, 9.17) is 9.47 Å². The first-order valence-corrected chi connectivity index (χ1v) is 8.43. The topological polar surface area (TPSA) is 103 Å². The van der Waals surface area contributed by atoms with Crippen LogP contribution in [0.15, 0.2) is 42.5 Å². The minimum atomic E-state index is -0.562. The lowest BCUT2D eigenvalue weighted by molar-refractivity contribution is -0.123. The number of hydrogen-bond acceptors (Lipinski definition) is 6. The second-order valence-electron chi connectivity index (χ2n) is 5.73. The van der Waals surface area contributed by atoms with Gasteiger partial charge in [-0.3, -0.25) is 9.59 Å². The number of nitrogens with one attached hydrogen (secondary N) is 2. The van der Waals surface area contributed by atoms with Gasteiger partial charge >= 0.3 is 5.97 Å². The van der Waals surface area contributed by atoms with Gasteiger partial charge in [0.15, 0.2) is 11.5 Å². The lowest BCUT2D eigenvalue weighted by Gasteiger charge is -2.11. The van der Waals surface area contributed by atoms with Crippen molar-refractivity contribution in [3.05, 3.63) is 53.6 Å². The number of amides is 2. The molecule has 0 aliphatic heterocycles. The van der Waals surface area contributed by atoms with Crippen molar-refractivity contribution in [2.24, 2.45) is 0 Å². The Balaban J connectivity index is 1.91. The summed E-state index contributed by atoms with van der Waals surface area (Å²) < 4.78 is 15.0. The Morgan fingerprint density at radius 3 is 2.29 bits per heavy atom. The van der Waals surface area contributed by atoms with E-state index in [9.17, 15) is 14.4 Å². The van der Waals surface area contributed by atoms with Gasteiger partial charge in [0.05, 0.1) is 45.5 Å². The summed E-state index contributed by atoms with van der Waals surface area (Å²) in [4.78, 5) is 35.9. The Morgan fingerprint density at radius 1 is 0.893 bits per heavy atom. The Bertz CT molecular complexity index is 866. The molecule has 0 bridgehead atoms. The van der Waals surface area contributed by atoms with Crippen LogP contribution in [0.4, 0.5) is 5.69 Å². The number of benzene rings is 2. The van der Waals surface area contributed by atoms with Crippen molar-refractivity contribution in [3.8, 4) is 11.5 Å². The molecule has 0 aromatic heterocycles. The van der Waals surface area contributed by atoms with Crippen LogP contribution in [0.25, 0.3) is 0 Å². The molecule has 0 radical (unpaired) electrons. The van der Waals surface area contributed by atoms with Crippen molar-refractivity contribution >= 4 is 23.5 Å². The smallest absolute Gasteiger partial charge is 0.339 e. The largest absolute Gasteiger partial charge is 0.493 e. The highest BCUT2D eigenvalue weighted by Crippen LogP contribution is 2.27. The Kier molecular flexibility index (Phi) is 7.38. The van der Waals surface area contributed by atoms with Gasteiger partial charge in [0.1, 0.15) is 0 Å². The third kappa shape index (κ3) is 5.47. The van der Waals surface area contributed by atoms with Gasteiger partial charge in [-0.05, 0) is 29.8 Å². The van der Waals surface area contributed by atoms with Crippen molar-refractivity contribution in [1.82, 2.24) is 5.32 Å². The van der Waals surface area contributed by atoms with Gasteiger partial charge in [0.2, 0.25) is 11.8 Å². The first-order chi connectivity index (χ1) is 13.5. The van der Waals surface area contributed by atoms with Gasteiger partial charge in [-0.25, -0.2) is 4.79 Å². The molecule has 0 atom stereocenters. The zero-order chi connectivity index (χ0) is 20.5. The molecule has 0 spiro atoms. The second kappa shape index (κ2) is 9.96. The van der Waals surface area contributed by atoms with Crippen LogP contribution in [-0.4, -0.2) is 45.7 Å². The predicted octanol–water partition coefficient (Wildman–Crippen LogP) is 1.79. The molecule has 148 valence electrons. The van der Waals surface area contributed by atoms with Crippen LogP contribution in [0, 0.1) is 0 Å². The Labute approximate surface area is 162 Å². The standard InChI is InChI=1S/C20H22N2O6/c1-26-16-9-8-13(10-17(16)27-2)11-18(23)21-12-19(24)22-15-7-5-4-6-14(15)20(25)28-3/h4-10H,11-12H2,1-3H3,(H,21,23)(H,22,24). The number of anilines is 1. The number of hydrogen-bond donors (Lipinski definition) is 2. The van der Waals surface area contributed by atoms with Crippen LogP contribution in [0.3, 0.4) is 0 Å². The summed E-state index contributed by atoms with van der Waals surface area (Å²) in [6.07, 6.45) is 0.0758. The molecule has 2 N–H and O–H groups in total. The quantitative estimate of drug-likeness (QED) is 0.671. The summed E-state index contributed by atoms with van der Waals surface area (Å²) in [5.41, 5.74) is 1.26. The molecule has 0 saturated heterocycles. The highest BCUT2D eigenvalue weighted by atomic mass is 16.5. The first-order valence-electron chi connectivity index (χ1n) is 8.43. The average Bonchev–Trinajstić information content (AvgIpc) is 2.72. The highest BCUT2D eigenvalue weighted by molar-refractivity contribution is 6.02. The molecule has 8 nitrogen and oxygen atoms in total. The summed E-state index contributed by atoms with van der Waals surface area (Å²) in [6.45, 7) is -0.234. The molecule has 0 heterocycles. The van der Waals surface area contributed by atoms with Crippen molar-refractivity contribution in [1.29, 1.82) is 0 Å². The molecule has 28 heavy (non-hydrogen) atoms. The van der Waals surface area contributed by atoms with Gasteiger partial charge in [-0.15, -0.1) is 0 Å². The van der Waals surface area contributed by atoms with Gasteiger partial charge in [0, 0.05) is 0 Å². The van der Waals surface area contributed by atoms with Crippen LogP contribution in [-0.2, 0) is 20.7 Å². The number of carbonyl (C=O) groups is 3. The third-order valence-corrected chi connectivity index (χ3v) is 3.87. The highest BCUT2D eigenvalue weighted by Gasteiger charge is 2.14. The van der Waals surface area contributed by atoms with Crippen molar-refractivity contribution in [2.45, 2.75) is 6.42 Å². The summed E-state index contributed by atoms with van der Waals surface area (Å²) in [5.74, 6) is -0.269. The summed E-state index contributed by atoms with van der Waals surface area (Å²) >= 11 is 0. The first kappa shape index (κ1) is 20.8. The van der Waals surface area contributed by atoms with Crippen LogP contribution in [0.1, 0.15) is 15.9 Å². The molecule has 2 aromatic carbocycles. The Morgan fingerprint density at radius 2 is 1.61 bits per heavy atom. The maximum atomic E-state index is 12.1. The molecule has 0 fully saturated rings. The normalized spacial score (nSPS) is 9.96. The van der Waals surface area contributed by atoms with Crippen LogP contribution < -0.4 is 20.1 Å². The zero-order valence-electron chi connectivity index (χ0n) is 15.9. The number of methoxy groups -OCH3 is 3. The monoisotopic (exact) mass is 386 g/mol. The zero-order valence-corrected chi connectivity index (χ0v) is 15.9. The van der Waals surface area contributed by atoms with Crippen molar-refractivity contribution in [3.63, 3.8) is 0 Å². The molecule has 2 aromatic rings. The molecular formula is C20H22N2O6. The SMILES string of the molecule is COC(=O)c1ccccc1NC(=O)CNC(=O)Cc1ccc(OC)c(OC)c1. The van der Waals surface area contributed by atoms with E-state index in [1.54, 1.807) is 36.4 Å². The summed E-state index contributed by atoms with van der Waals surface area (Å²) in [6, 6.07) is 11.6. The number of esters is 1. The van der Waals surface area contributed by atoms with Crippen molar-refractivity contribution < 1.29 is 28.6 Å². The number of ether oxygens (including phenoxy) is 3. The lowest BCUT2D eigenvalue weighted by Crippen LogP contribution is -2.34. The van der Waals surface area contributed by atoms with Crippen LogP contribution >= 0.6 is 0 Å². The molecule has 0 aliphatic rings. The average molecular weight is 386 g/mol. The second-order valence-corrected chi connectivity index (χ2v) is 5.73. The predicted molar refractivity (Wildman–Crippen MR) is 103 cm³/mol. The fraction of sp³-hybridized carbons (Fsp3) is 0.250. The molecule has 0 saturated carbocycles. The van der Waals surface area contributed by atoms with E-state index >= 15 is 0 Å². The van der Waals surface area contributed by atoms with E-state index in [2.05, 4.69) is 15.4 Å². The molecule has 0 unspecified atom stereocenters. The number of carbonyl (C=O) groups excluding carboxylic acids is 3. The third-order valence-electron chi connectivity index (χ3n) is 3.87. The number of rotatable bonds is 8. The van der Waals surface area contributed by atoms with Gasteiger partial charge in [-0.1, -0.05) is 18.2 Å². The minimum absolute atomic E-state index is 0.0758. The van der Waals surface area contributed by atoms with E-state index < -0.39 is 11.9 Å². The molecule has 2 amide bonds. The van der Waals surface area contributed by atoms with Gasteiger partial charge in [-0.2, -0.15) is 0 Å². The molecular weight excluding hydrogens is 364 g/mol. The fourth-order valence-corrected chi connectivity index (χ4v) is 2.49. The van der Waals surface area contributed by atoms with E-state index in [1.165, 1.54) is 27.4 Å². The summed E-state index contributed by atoms with van der Waals surface area (Å²) in [7, 11) is 4.30. The fourth-order valence-electron chi connectivity index (χ4n) is 2.49. The van der Waals surface area contributed by atoms with Crippen LogP contribution in [0.5, 0.6) is 11.5 Å². The van der Waals surface area contributed by atoms with E-state index in [0.717, 1.165) is 0 Å². The van der Waals surface area contributed by atoms with E-state index in [1.807, 2.05) is 0 Å². The van der Waals surface area contributed by atoms with E-state index in [-0.39, 0.29) is 24.4 Å². The minimum Gasteiger partial charge on any atom is -0.493 e. The lowest BCUT2D eigenvalue weighted by atomic mass is 10.1. The van der Waals surface area contributed by atoms with Crippen molar-refractivity contribution in [2.75, 3.05) is 33.2 Å². The van der Waals surface area contributed by atoms with E-state index in [0.29, 0.717) is 22.7 Å². The maximum Gasteiger partial charge on any atom is 0.339 e. The number of para-hydroxylation sites is 1. The van der Waals surface area contributed by atoms with Crippen LogP contribution in [0.2, 0.25) is 0 Å².